The molecule has 1 amide bonds. The first-order chi connectivity index (χ1) is 10.6. The van der Waals surface area contributed by atoms with Gasteiger partial charge in [-0.15, -0.1) is 11.8 Å². The number of carbonyl (C=O) groups excluding carboxylic acids is 2. The molecule has 0 saturated heterocycles. The Labute approximate surface area is 132 Å². The molecule has 2 rings (SSSR count). The van der Waals surface area contributed by atoms with Gasteiger partial charge in [0.25, 0.3) is 5.91 Å². The zero-order valence-electron chi connectivity index (χ0n) is 12.3. The minimum atomic E-state index is -0.525. The van der Waals surface area contributed by atoms with E-state index in [4.69, 9.17) is 9.26 Å². The van der Waals surface area contributed by atoms with Gasteiger partial charge in [-0.1, -0.05) is 24.2 Å². The van der Waals surface area contributed by atoms with Crippen molar-refractivity contribution < 1.29 is 18.8 Å². The molecule has 0 spiro atoms. The van der Waals surface area contributed by atoms with Crippen molar-refractivity contribution in [2.24, 2.45) is 0 Å². The number of ether oxygens (including phenoxy) is 1. The highest BCUT2D eigenvalue weighted by Crippen LogP contribution is 2.22. The second-order valence-electron chi connectivity index (χ2n) is 4.38. The summed E-state index contributed by atoms with van der Waals surface area (Å²) in [5.41, 5.74) is 0.458. The van der Waals surface area contributed by atoms with E-state index in [-0.39, 0.29) is 6.61 Å². The minimum Gasteiger partial charge on any atom is -0.452 e. The molecule has 2 aromatic rings. The van der Waals surface area contributed by atoms with Crippen LogP contribution in [0.2, 0.25) is 0 Å². The monoisotopic (exact) mass is 320 g/mol. The molecule has 22 heavy (non-hydrogen) atoms. The summed E-state index contributed by atoms with van der Waals surface area (Å²) in [5.74, 6) is 0.722. The van der Waals surface area contributed by atoms with Crippen molar-refractivity contribution in [3.8, 4) is 0 Å². The van der Waals surface area contributed by atoms with E-state index in [2.05, 4.69) is 10.5 Å². The lowest BCUT2D eigenvalue weighted by Crippen LogP contribution is -2.21. The lowest BCUT2D eigenvalue weighted by atomic mass is 10.2. The van der Waals surface area contributed by atoms with Gasteiger partial charge in [0.15, 0.2) is 12.4 Å². The molecule has 0 atom stereocenters. The Hall–Kier alpha value is -2.28. The van der Waals surface area contributed by atoms with Gasteiger partial charge >= 0.3 is 5.97 Å². The van der Waals surface area contributed by atoms with E-state index in [1.807, 2.05) is 19.1 Å². The highest BCUT2D eigenvalue weighted by atomic mass is 32.2. The van der Waals surface area contributed by atoms with Gasteiger partial charge in [0.1, 0.15) is 5.76 Å². The Kier molecular flexibility index (Phi) is 5.60. The molecule has 1 N–H and O–H groups in total. The van der Waals surface area contributed by atoms with Crippen molar-refractivity contribution in [2.75, 3.05) is 17.7 Å². The van der Waals surface area contributed by atoms with Crippen LogP contribution >= 0.6 is 11.8 Å². The van der Waals surface area contributed by atoms with E-state index in [0.717, 1.165) is 10.6 Å². The molecule has 0 aliphatic carbocycles. The predicted octanol–water partition coefficient (Wildman–Crippen LogP) is 2.89. The third-order valence-corrected chi connectivity index (χ3v) is 3.59. The number of hydrogen-bond acceptors (Lipinski definition) is 6. The van der Waals surface area contributed by atoms with E-state index in [1.54, 1.807) is 36.9 Å². The number of esters is 1. The van der Waals surface area contributed by atoms with E-state index in [9.17, 15) is 9.59 Å². The van der Waals surface area contributed by atoms with E-state index in [1.165, 1.54) is 0 Å². The summed E-state index contributed by atoms with van der Waals surface area (Å²) in [6.45, 7) is 3.33. The first-order valence-electron chi connectivity index (χ1n) is 6.72. The molecule has 0 saturated carbocycles. The van der Waals surface area contributed by atoms with Crippen molar-refractivity contribution >= 4 is 29.5 Å². The van der Waals surface area contributed by atoms with Crippen LogP contribution in [0.3, 0.4) is 0 Å². The predicted molar refractivity (Wildman–Crippen MR) is 83.0 cm³/mol. The molecule has 1 heterocycles. The fourth-order valence-corrected chi connectivity index (χ4v) is 2.52. The normalized spacial score (nSPS) is 10.3. The summed E-state index contributed by atoms with van der Waals surface area (Å²) in [6.07, 6.45) is 0. The largest absolute Gasteiger partial charge is 0.452 e. The maximum absolute atomic E-state index is 12.1. The SMILES string of the molecule is CCSc1ccccc1C(=O)OCC(=O)Nc1cc(C)on1. The molecule has 116 valence electrons. The number of nitrogens with zero attached hydrogens (tertiary/aromatic N) is 1. The number of anilines is 1. The van der Waals surface area contributed by atoms with Crippen LogP contribution < -0.4 is 5.32 Å². The van der Waals surface area contributed by atoms with Gasteiger partial charge in [-0.25, -0.2) is 4.79 Å². The minimum absolute atomic E-state index is 0.292. The van der Waals surface area contributed by atoms with Crippen LogP contribution in [-0.2, 0) is 9.53 Å². The molecular weight excluding hydrogens is 304 g/mol. The molecule has 0 bridgehead atoms. The molecule has 0 radical (unpaired) electrons. The summed E-state index contributed by atoms with van der Waals surface area (Å²) in [5, 5.41) is 6.11. The van der Waals surface area contributed by atoms with Crippen molar-refractivity contribution in [2.45, 2.75) is 18.7 Å². The summed E-state index contributed by atoms with van der Waals surface area (Å²) in [6, 6.07) is 8.72. The second-order valence-corrected chi connectivity index (χ2v) is 5.68. The standard InChI is InChI=1S/C15H16N2O4S/c1-3-22-12-7-5-4-6-11(12)15(19)20-9-14(18)16-13-8-10(2)21-17-13/h4-8H,3,9H2,1-2H3,(H,16,17,18). The molecular formula is C15H16N2O4S. The number of benzene rings is 1. The fraction of sp³-hybridized carbons (Fsp3) is 0.267. The highest BCUT2D eigenvalue weighted by molar-refractivity contribution is 7.99. The van der Waals surface area contributed by atoms with Crippen LogP contribution in [-0.4, -0.2) is 29.4 Å². The Morgan fingerprint density at radius 1 is 1.36 bits per heavy atom. The van der Waals surface area contributed by atoms with Crippen LogP contribution in [0, 0.1) is 6.92 Å². The van der Waals surface area contributed by atoms with Gasteiger partial charge in [-0.3, -0.25) is 4.79 Å². The van der Waals surface area contributed by atoms with Crippen LogP contribution in [0.1, 0.15) is 23.0 Å². The summed E-state index contributed by atoms with van der Waals surface area (Å²) in [4.78, 5) is 24.6. The molecule has 0 aliphatic heterocycles. The average molecular weight is 320 g/mol. The maximum Gasteiger partial charge on any atom is 0.339 e. The number of hydrogen-bond donors (Lipinski definition) is 1. The van der Waals surface area contributed by atoms with Crippen LogP contribution in [0.4, 0.5) is 5.82 Å². The quantitative estimate of drug-likeness (QED) is 0.651. The van der Waals surface area contributed by atoms with Gasteiger partial charge in [0, 0.05) is 11.0 Å². The second kappa shape index (κ2) is 7.65. The van der Waals surface area contributed by atoms with Crippen LogP contribution in [0.5, 0.6) is 0 Å². The highest BCUT2D eigenvalue weighted by Gasteiger charge is 2.14. The van der Waals surface area contributed by atoms with Crippen molar-refractivity contribution in [3.05, 3.63) is 41.7 Å². The number of aryl methyl sites for hydroxylation is 1. The van der Waals surface area contributed by atoms with Gasteiger partial charge < -0.3 is 14.6 Å². The first kappa shape index (κ1) is 16.1. The van der Waals surface area contributed by atoms with Crippen molar-refractivity contribution in [3.63, 3.8) is 0 Å². The Morgan fingerprint density at radius 3 is 2.82 bits per heavy atom. The Bertz CT molecular complexity index is 669. The average Bonchev–Trinajstić information content (AvgIpc) is 2.91. The number of nitrogens with one attached hydrogen (secondary N) is 1. The summed E-state index contributed by atoms with van der Waals surface area (Å²) in [7, 11) is 0. The lowest BCUT2D eigenvalue weighted by molar-refractivity contribution is -0.119. The molecule has 1 aromatic carbocycles. The summed E-state index contributed by atoms with van der Waals surface area (Å²) >= 11 is 1.55. The first-order valence-corrected chi connectivity index (χ1v) is 7.71. The third kappa shape index (κ3) is 4.36. The Balaban J connectivity index is 1.91. The van der Waals surface area contributed by atoms with Gasteiger partial charge in [-0.05, 0) is 24.8 Å². The lowest BCUT2D eigenvalue weighted by Gasteiger charge is -2.08. The third-order valence-electron chi connectivity index (χ3n) is 2.64. The van der Waals surface area contributed by atoms with Gasteiger partial charge in [-0.2, -0.15) is 0 Å². The zero-order chi connectivity index (χ0) is 15.9. The molecule has 0 fully saturated rings. The number of carbonyl (C=O) groups is 2. The molecule has 6 nitrogen and oxygen atoms in total. The topological polar surface area (TPSA) is 81.4 Å². The molecule has 7 heteroatoms. The molecule has 0 unspecified atom stereocenters. The van der Waals surface area contributed by atoms with Gasteiger partial charge in [0.05, 0.1) is 5.56 Å². The van der Waals surface area contributed by atoms with E-state index >= 15 is 0 Å². The smallest absolute Gasteiger partial charge is 0.339 e. The molecule has 1 aromatic heterocycles. The number of thioether (sulfide) groups is 1. The molecule has 0 aliphatic rings. The van der Waals surface area contributed by atoms with Crippen LogP contribution in [0.15, 0.2) is 39.8 Å². The van der Waals surface area contributed by atoms with E-state index in [0.29, 0.717) is 17.1 Å². The van der Waals surface area contributed by atoms with Crippen molar-refractivity contribution in [1.82, 2.24) is 5.16 Å². The van der Waals surface area contributed by atoms with Crippen LogP contribution in [0.25, 0.3) is 0 Å². The Morgan fingerprint density at radius 2 is 2.14 bits per heavy atom. The fourth-order valence-electron chi connectivity index (χ4n) is 1.73. The number of rotatable bonds is 6. The number of aromatic nitrogens is 1. The zero-order valence-corrected chi connectivity index (χ0v) is 13.1. The van der Waals surface area contributed by atoms with Crippen molar-refractivity contribution in [1.29, 1.82) is 0 Å². The number of amides is 1. The van der Waals surface area contributed by atoms with E-state index < -0.39 is 11.9 Å². The van der Waals surface area contributed by atoms with Gasteiger partial charge in [0.2, 0.25) is 0 Å². The maximum atomic E-state index is 12.1. The summed E-state index contributed by atoms with van der Waals surface area (Å²) < 4.78 is 9.86.